The largest absolute Gasteiger partial charge is 0.493 e. The molecule has 5 nitrogen and oxygen atoms in total. The topological polar surface area (TPSA) is 75.6 Å². The van der Waals surface area contributed by atoms with Gasteiger partial charge in [0.05, 0.1) is 7.11 Å². The molecule has 2 aromatic carbocycles. The summed E-state index contributed by atoms with van der Waals surface area (Å²) in [6.45, 7) is 0. The van der Waals surface area contributed by atoms with Gasteiger partial charge in [-0.1, -0.05) is 23.7 Å². The number of nitrogens with one attached hydrogen (secondary N) is 1. The maximum Gasteiger partial charge on any atom is 0.339 e. The monoisotopic (exact) mass is 441 g/mol. The fourth-order valence-corrected chi connectivity index (χ4v) is 3.68. The lowest BCUT2D eigenvalue weighted by Gasteiger charge is -2.10. The zero-order valence-corrected chi connectivity index (χ0v) is 16.1. The van der Waals surface area contributed by atoms with Gasteiger partial charge in [-0.3, -0.25) is 4.79 Å². The van der Waals surface area contributed by atoms with Crippen LogP contribution in [0.2, 0.25) is 5.02 Å². The van der Waals surface area contributed by atoms with E-state index in [0.717, 1.165) is 18.4 Å². The average molecular weight is 442 g/mol. The molecule has 2 N–H and O–H groups in total. The van der Waals surface area contributed by atoms with Crippen molar-refractivity contribution in [3.05, 3.63) is 69.3 Å². The van der Waals surface area contributed by atoms with Gasteiger partial charge in [0.25, 0.3) is 5.91 Å². The first-order valence-corrected chi connectivity index (χ1v) is 9.13. The quantitative estimate of drug-likeness (QED) is 0.516. The van der Waals surface area contributed by atoms with Crippen LogP contribution in [-0.2, 0) is 0 Å². The van der Waals surface area contributed by atoms with Gasteiger partial charge < -0.3 is 15.2 Å². The van der Waals surface area contributed by atoms with E-state index in [4.69, 9.17) is 11.6 Å². The van der Waals surface area contributed by atoms with Gasteiger partial charge in [0.2, 0.25) is 5.82 Å². The number of thiophene rings is 1. The molecule has 3 rings (SSSR count). The van der Waals surface area contributed by atoms with Gasteiger partial charge in [0.15, 0.2) is 11.6 Å². The summed E-state index contributed by atoms with van der Waals surface area (Å²) in [6.07, 6.45) is 0. The maximum absolute atomic E-state index is 14.1. The molecule has 0 spiro atoms. The SMILES string of the molecule is COc1cc(F)c(C(=O)Nc2scc(-c3ccc(Cl)cc3)c2C(=O)O)c(F)c1F. The molecule has 0 bridgehead atoms. The van der Waals surface area contributed by atoms with Gasteiger partial charge in [-0.05, 0) is 17.7 Å². The van der Waals surface area contributed by atoms with E-state index in [0.29, 0.717) is 16.7 Å². The molecule has 29 heavy (non-hydrogen) atoms. The van der Waals surface area contributed by atoms with Crippen LogP contribution in [0.1, 0.15) is 20.7 Å². The smallest absolute Gasteiger partial charge is 0.339 e. The second-order valence-corrected chi connectivity index (χ2v) is 7.00. The fourth-order valence-electron chi connectivity index (χ4n) is 2.60. The zero-order valence-electron chi connectivity index (χ0n) is 14.6. The Kier molecular flexibility index (Phi) is 5.81. The molecule has 1 aromatic heterocycles. The number of methoxy groups -OCH3 is 1. The van der Waals surface area contributed by atoms with Gasteiger partial charge in [0.1, 0.15) is 21.9 Å². The van der Waals surface area contributed by atoms with Crippen molar-refractivity contribution in [2.75, 3.05) is 12.4 Å². The summed E-state index contributed by atoms with van der Waals surface area (Å²) in [6, 6.07) is 6.81. The van der Waals surface area contributed by atoms with E-state index in [9.17, 15) is 27.9 Å². The van der Waals surface area contributed by atoms with Gasteiger partial charge in [0, 0.05) is 22.0 Å². The number of ether oxygens (including phenoxy) is 1. The predicted molar refractivity (Wildman–Crippen MR) is 103 cm³/mol. The molecule has 0 aliphatic heterocycles. The van der Waals surface area contributed by atoms with Crippen LogP contribution in [0.25, 0.3) is 11.1 Å². The lowest BCUT2D eigenvalue weighted by molar-refractivity contribution is 0.0699. The number of carboxylic acids is 1. The molecule has 3 aromatic rings. The molecule has 10 heteroatoms. The van der Waals surface area contributed by atoms with Crippen LogP contribution in [0.5, 0.6) is 5.75 Å². The number of hydrogen-bond donors (Lipinski definition) is 2. The van der Waals surface area contributed by atoms with Gasteiger partial charge in [-0.2, -0.15) is 4.39 Å². The second kappa shape index (κ2) is 8.14. The Bertz CT molecular complexity index is 1120. The molecule has 0 fully saturated rings. The number of hydrogen-bond acceptors (Lipinski definition) is 4. The van der Waals surface area contributed by atoms with Crippen molar-refractivity contribution in [2.24, 2.45) is 0 Å². The molecule has 0 unspecified atom stereocenters. The highest BCUT2D eigenvalue weighted by molar-refractivity contribution is 7.15. The van der Waals surface area contributed by atoms with E-state index in [2.05, 4.69) is 10.1 Å². The third-order valence-electron chi connectivity index (χ3n) is 3.96. The lowest BCUT2D eigenvalue weighted by atomic mass is 10.0. The summed E-state index contributed by atoms with van der Waals surface area (Å²) < 4.78 is 46.6. The van der Waals surface area contributed by atoms with Crippen molar-refractivity contribution in [2.45, 2.75) is 0 Å². The molecular weight excluding hydrogens is 431 g/mol. The molecule has 0 atom stereocenters. The lowest BCUT2D eigenvalue weighted by Crippen LogP contribution is -2.18. The van der Waals surface area contributed by atoms with E-state index in [-0.39, 0.29) is 16.1 Å². The van der Waals surface area contributed by atoms with E-state index in [1.165, 1.54) is 5.38 Å². The van der Waals surface area contributed by atoms with Crippen molar-refractivity contribution >= 4 is 39.8 Å². The van der Waals surface area contributed by atoms with Crippen LogP contribution in [-0.4, -0.2) is 24.1 Å². The Morgan fingerprint density at radius 2 is 1.76 bits per heavy atom. The minimum atomic E-state index is -1.74. The molecule has 0 saturated heterocycles. The minimum absolute atomic E-state index is 0.164. The summed E-state index contributed by atoms with van der Waals surface area (Å²) in [7, 11) is 1.01. The fraction of sp³-hybridized carbons (Fsp3) is 0.0526. The maximum atomic E-state index is 14.1. The Morgan fingerprint density at radius 1 is 1.10 bits per heavy atom. The first-order chi connectivity index (χ1) is 13.7. The van der Waals surface area contributed by atoms with Crippen LogP contribution in [0.3, 0.4) is 0 Å². The van der Waals surface area contributed by atoms with E-state index < -0.39 is 40.6 Å². The van der Waals surface area contributed by atoms with Crippen molar-refractivity contribution in [1.29, 1.82) is 0 Å². The molecule has 0 aliphatic carbocycles. The molecule has 1 amide bonds. The second-order valence-electron chi connectivity index (χ2n) is 5.68. The third-order valence-corrected chi connectivity index (χ3v) is 5.11. The normalized spacial score (nSPS) is 10.7. The van der Waals surface area contributed by atoms with Gasteiger partial charge in [-0.25, -0.2) is 13.6 Å². The molecule has 0 radical (unpaired) electrons. The van der Waals surface area contributed by atoms with Crippen LogP contribution in [0.4, 0.5) is 18.2 Å². The number of aromatic carboxylic acids is 1. The Balaban J connectivity index is 2.01. The van der Waals surface area contributed by atoms with Crippen molar-refractivity contribution in [3.63, 3.8) is 0 Å². The first kappa shape index (κ1) is 20.7. The number of amides is 1. The van der Waals surface area contributed by atoms with E-state index in [1.54, 1.807) is 24.3 Å². The van der Waals surface area contributed by atoms with Gasteiger partial charge >= 0.3 is 5.97 Å². The highest BCUT2D eigenvalue weighted by Gasteiger charge is 2.27. The predicted octanol–water partition coefficient (Wildman–Crippen LogP) is 5.44. The Hall–Kier alpha value is -3.04. The molecule has 150 valence electrons. The number of rotatable bonds is 5. The number of carboxylic acid groups (broad SMARTS) is 1. The zero-order chi connectivity index (χ0) is 21.3. The Morgan fingerprint density at radius 3 is 2.34 bits per heavy atom. The number of carbonyl (C=O) groups excluding carboxylic acids is 1. The first-order valence-electron chi connectivity index (χ1n) is 7.88. The highest BCUT2D eigenvalue weighted by atomic mass is 35.5. The number of halogens is 4. The molecule has 1 heterocycles. The minimum Gasteiger partial charge on any atom is -0.493 e. The third kappa shape index (κ3) is 3.92. The average Bonchev–Trinajstić information content (AvgIpc) is 3.09. The van der Waals surface area contributed by atoms with E-state index in [1.807, 2.05) is 0 Å². The Labute approximate surface area is 171 Å². The van der Waals surface area contributed by atoms with Crippen LogP contribution < -0.4 is 10.1 Å². The van der Waals surface area contributed by atoms with Crippen LogP contribution in [0, 0.1) is 17.5 Å². The molecular formula is C19H11ClF3NO4S. The summed E-state index contributed by atoms with van der Waals surface area (Å²) in [5.41, 5.74) is -0.686. The van der Waals surface area contributed by atoms with Crippen LogP contribution >= 0.6 is 22.9 Å². The number of carbonyl (C=O) groups is 2. The molecule has 0 aliphatic rings. The summed E-state index contributed by atoms with van der Waals surface area (Å²) in [5, 5.41) is 13.4. The summed E-state index contributed by atoms with van der Waals surface area (Å²) in [5.74, 6) is -8.05. The summed E-state index contributed by atoms with van der Waals surface area (Å²) in [4.78, 5) is 24.1. The summed E-state index contributed by atoms with van der Waals surface area (Å²) >= 11 is 6.67. The van der Waals surface area contributed by atoms with Crippen molar-refractivity contribution in [1.82, 2.24) is 0 Å². The molecule has 0 saturated carbocycles. The van der Waals surface area contributed by atoms with Crippen molar-refractivity contribution in [3.8, 4) is 16.9 Å². The number of benzene rings is 2. The van der Waals surface area contributed by atoms with Crippen molar-refractivity contribution < 1.29 is 32.6 Å². The van der Waals surface area contributed by atoms with Gasteiger partial charge in [-0.15, -0.1) is 11.3 Å². The number of anilines is 1. The van der Waals surface area contributed by atoms with Crippen LogP contribution in [0.15, 0.2) is 35.7 Å². The standard InChI is InChI=1S/C19H11ClF3NO4S/c1-28-12-6-11(21)14(16(23)15(12)22)17(25)24-18-13(19(26)27)10(7-29-18)8-2-4-9(20)5-3-8/h2-7H,1H3,(H,24,25)(H,26,27). The van der Waals surface area contributed by atoms with E-state index >= 15 is 0 Å². The highest BCUT2D eigenvalue weighted by Crippen LogP contribution is 2.37.